The smallest absolute Gasteiger partial charge is 0.233 e. The van der Waals surface area contributed by atoms with Gasteiger partial charge >= 0.3 is 0 Å². The second-order valence-electron chi connectivity index (χ2n) is 5.67. The van der Waals surface area contributed by atoms with Crippen molar-refractivity contribution in [3.63, 3.8) is 0 Å². The van der Waals surface area contributed by atoms with Crippen LogP contribution < -0.4 is 10.1 Å². The summed E-state index contributed by atoms with van der Waals surface area (Å²) in [5, 5.41) is 12.2. The van der Waals surface area contributed by atoms with Gasteiger partial charge in [-0.15, -0.1) is 21.5 Å². The molecule has 148 valence electrons. The molecule has 28 heavy (non-hydrogen) atoms. The number of thioether (sulfide) groups is 1. The lowest BCUT2D eigenvalue weighted by atomic mass is 10.3. The van der Waals surface area contributed by atoms with E-state index in [1.165, 1.54) is 34.4 Å². The SMILES string of the molecule is CCOc1ccccc1Nc1nnc(SCC(=O)N(C)Cc2ccc(Cl)s2)s1. The molecular weight excluding hydrogens is 436 g/mol. The molecule has 6 nitrogen and oxygen atoms in total. The lowest BCUT2D eigenvalue weighted by Gasteiger charge is -2.15. The first-order chi connectivity index (χ1) is 13.5. The molecule has 0 saturated carbocycles. The number of amides is 1. The van der Waals surface area contributed by atoms with Crippen LogP contribution in [0.2, 0.25) is 4.34 Å². The second-order valence-corrected chi connectivity index (χ2v) is 9.67. The van der Waals surface area contributed by atoms with Crippen molar-refractivity contribution in [1.82, 2.24) is 15.1 Å². The van der Waals surface area contributed by atoms with Crippen LogP contribution in [-0.4, -0.2) is 40.4 Å². The molecule has 2 aromatic heterocycles. The Morgan fingerprint density at radius 3 is 2.82 bits per heavy atom. The van der Waals surface area contributed by atoms with Crippen LogP contribution in [0.1, 0.15) is 11.8 Å². The highest BCUT2D eigenvalue weighted by Gasteiger charge is 2.14. The minimum absolute atomic E-state index is 0.0286. The zero-order valence-electron chi connectivity index (χ0n) is 15.3. The number of rotatable bonds is 9. The number of ether oxygens (including phenoxy) is 1. The van der Waals surface area contributed by atoms with E-state index in [1.54, 1.807) is 11.9 Å². The van der Waals surface area contributed by atoms with Crippen LogP contribution in [0, 0.1) is 0 Å². The number of anilines is 2. The maximum Gasteiger partial charge on any atom is 0.233 e. The van der Waals surface area contributed by atoms with E-state index >= 15 is 0 Å². The third-order valence-electron chi connectivity index (χ3n) is 3.60. The average Bonchev–Trinajstić information content (AvgIpc) is 3.30. The minimum Gasteiger partial charge on any atom is -0.492 e. The van der Waals surface area contributed by atoms with Gasteiger partial charge in [0.2, 0.25) is 11.0 Å². The third kappa shape index (κ3) is 5.84. The van der Waals surface area contributed by atoms with Crippen LogP contribution in [0.15, 0.2) is 40.7 Å². The van der Waals surface area contributed by atoms with E-state index in [2.05, 4.69) is 15.5 Å². The molecule has 0 aliphatic carbocycles. The molecule has 0 fully saturated rings. The van der Waals surface area contributed by atoms with Gasteiger partial charge in [0.15, 0.2) is 4.34 Å². The van der Waals surface area contributed by atoms with Crippen LogP contribution in [0.4, 0.5) is 10.8 Å². The number of nitrogens with one attached hydrogen (secondary N) is 1. The zero-order valence-corrected chi connectivity index (χ0v) is 18.6. The molecule has 0 aliphatic rings. The summed E-state index contributed by atoms with van der Waals surface area (Å²) in [6.07, 6.45) is 0. The number of aromatic nitrogens is 2. The van der Waals surface area contributed by atoms with Crippen LogP contribution >= 0.6 is 46.0 Å². The fourth-order valence-electron chi connectivity index (χ4n) is 2.28. The molecule has 3 rings (SSSR count). The highest BCUT2D eigenvalue weighted by molar-refractivity contribution is 8.01. The van der Waals surface area contributed by atoms with E-state index < -0.39 is 0 Å². The predicted molar refractivity (Wildman–Crippen MR) is 117 cm³/mol. The molecule has 1 N–H and O–H groups in total. The Balaban J connectivity index is 1.52. The molecule has 0 atom stereocenters. The van der Waals surface area contributed by atoms with E-state index in [-0.39, 0.29) is 5.91 Å². The minimum atomic E-state index is 0.0286. The number of hydrogen-bond donors (Lipinski definition) is 1. The number of para-hydroxylation sites is 2. The highest BCUT2D eigenvalue weighted by atomic mass is 35.5. The first-order valence-corrected chi connectivity index (χ1v) is 11.5. The maximum absolute atomic E-state index is 12.3. The lowest BCUT2D eigenvalue weighted by Crippen LogP contribution is -2.27. The van der Waals surface area contributed by atoms with Crippen molar-refractivity contribution in [2.24, 2.45) is 0 Å². The summed E-state index contributed by atoms with van der Waals surface area (Å²) in [5.41, 5.74) is 0.836. The van der Waals surface area contributed by atoms with Gasteiger partial charge in [0, 0.05) is 11.9 Å². The average molecular weight is 455 g/mol. The van der Waals surface area contributed by atoms with E-state index in [0.717, 1.165) is 25.0 Å². The van der Waals surface area contributed by atoms with Crippen molar-refractivity contribution in [1.29, 1.82) is 0 Å². The molecule has 0 aliphatic heterocycles. The van der Waals surface area contributed by atoms with Crippen LogP contribution in [-0.2, 0) is 11.3 Å². The van der Waals surface area contributed by atoms with E-state index in [1.807, 2.05) is 43.3 Å². The fourth-order valence-corrected chi connectivity index (χ4v) is 5.12. The van der Waals surface area contributed by atoms with Crippen LogP contribution in [0.5, 0.6) is 5.75 Å². The second kappa shape index (κ2) is 10.1. The summed E-state index contributed by atoms with van der Waals surface area (Å²) < 4.78 is 7.06. The Labute approximate surface area is 180 Å². The Kier molecular flexibility index (Phi) is 7.55. The van der Waals surface area contributed by atoms with Gasteiger partial charge in [-0.25, -0.2) is 0 Å². The van der Waals surface area contributed by atoms with Gasteiger partial charge in [-0.3, -0.25) is 4.79 Å². The zero-order chi connectivity index (χ0) is 19.9. The van der Waals surface area contributed by atoms with Crippen molar-refractivity contribution in [3.8, 4) is 5.75 Å². The Morgan fingerprint density at radius 2 is 2.07 bits per heavy atom. The summed E-state index contributed by atoms with van der Waals surface area (Å²) in [4.78, 5) is 15.1. The molecule has 0 spiro atoms. The molecule has 1 aromatic carbocycles. The summed E-state index contributed by atoms with van der Waals surface area (Å²) >= 11 is 10.2. The summed E-state index contributed by atoms with van der Waals surface area (Å²) in [7, 11) is 1.79. The monoisotopic (exact) mass is 454 g/mol. The molecule has 2 heterocycles. The lowest BCUT2D eigenvalue weighted by molar-refractivity contribution is -0.127. The number of halogens is 1. The molecule has 0 unspecified atom stereocenters. The van der Waals surface area contributed by atoms with Crippen LogP contribution in [0.25, 0.3) is 0 Å². The van der Waals surface area contributed by atoms with Gasteiger partial charge in [-0.05, 0) is 31.2 Å². The quantitative estimate of drug-likeness (QED) is 0.451. The number of hydrogen-bond acceptors (Lipinski definition) is 8. The van der Waals surface area contributed by atoms with E-state index in [9.17, 15) is 4.79 Å². The Morgan fingerprint density at radius 1 is 1.25 bits per heavy atom. The molecule has 3 aromatic rings. The molecule has 0 bridgehead atoms. The van der Waals surface area contributed by atoms with Gasteiger partial charge in [0.1, 0.15) is 5.75 Å². The fraction of sp³-hybridized carbons (Fsp3) is 0.278. The van der Waals surface area contributed by atoms with Crippen molar-refractivity contribution in [2.75, 3.05) is 24.7 Å². The Hall–Kier alpha value is -1.81. The van der Waals surface area contributed by atoms with E-state index in [4.69, 9.17) is 16.3 Å². The highest BCUT2D eigenvalue weighted by Crippen LogP contribution is 2.31. The van der Waals surface area contributed by atoms with Gasteiger partial charge in [0.05, 0.1) is 28.9 Å². The first-order valence-electron chi connectivity index (χ1n) is 8.48. The van der Waals surface area contributed by atoms with Crippen molar-refractivity contribution in [3.05, 3.63) is 45.6 Å². The number of nitrogens with zero attached hydrogens (tertiary/aromatic N) is 3. The van der Waals surface area contributed by atoms with E-state index in [0.29, 0.717) is 24.0 Å². The topological polar surface area (TPSA) is 67.3 Å². The molecular formula is C18H19ClN4O2S3. The van der Waals surface area contributed by atoms with Crippen molar-refractivity contribution < 1.29 is 9.53 Å². The Bertz CT molecular complexity index is 931. The normalized spacial score (nSPS) is 10.7. The molecule has 0 saturated heterocycles. The van der Waals surface area contributed by atoms with Gasteiger partial charge in [-0.2, -0.15) is 0 Å². The number of benzene rings is 1. The maximum atomic E-state index is 12.3. The first kappa shape index (κ1) is 20.9. The number of carbonyl (C=O) groups excluding carboxylic acids is 1. The molecule has 1 amide bonds. The van der Waals surface area contributed by atoms with Crippen molar-refractivity contribution in [2.45, 2.75) is 17.8 Å². The summed E-state index contributed by atoms with van der Waals surface area (Å²) in [6.45, 7) is 3.08. The van der Waals surface area contributed by atoms with Gasteiger partial charge in [0.25, 0.3) is 0 Å². The largest absolute Gasteiger partial charge is 0.492 e. The number of carbonyl (C=O) groups is 1. The third-order valence-corrected chi connectivity index (χ3v) is 6.77. The predicted octanol–water partition coefficient (Wildman–Crippen LogP) is 5.15. The molecule has 10 heteroatoms. The molecule has 0 radical (unpaired) electrons. The van der Waals surface area contributed by atoms with Gasteiger partial charge < -0.3 is 15.0 Å². The van der Waals surface area contributed by atoms with Gasteiger partial charge in [-0.1, -0.05) is 46.8 Å². The summed E-state index contributed by atoms with van der Waals surface area (Å²) in [6, 6.07) is 11.5. The standard InChI is InChI=1S/C18H19ClN4O2S3/c1-3-25-14-7-5-4-6-13(14)20-17-21-22-18(28-17)26-11-16(24)23(2)10-12-8-9-15(19)27-12/h4-9H,3,10-11H2,1-2H3,(H,20,21). The van der Waals surface area contributed by atoms with Crippen molar-refractivity contribution >= 4 is 62.8 Å². The number of thiophene rings is 1. The summed E-state index contributed by atoms with van der Waals surface area (Å²) in [5.74, 6) is 1.10. The van der Waals surface area contributed by atoms with Crippen LogP contribution in [0.3, 0.4) is 0 Å².